The predicted molar refractivity (Wildman–Crippen MR) is 69.3 cm³/mol. The molecule has 4 nitrogen and oxygen atoms in total. The van der Waals surface area contributed by atoms with E-state index in [9.17, 15) is 5.11 Å². The number of nitrogens with zero attached hydrogens (tertiary/aromatic N) is 2. The van der Waals surface area contributed by atoms with Crippen molar-refractivity contribution in [1.29, 1.82) is 0 Å². The van der Waals surface area contributed by atoms with E-state index in [-0.39, 0.29) is 5.88 Å². The van der Waals surface area contributed by atoms with Gasteiger partial charge in [-0.3, -0.25) is 4.57 Å². The number of para-hydroxylation sites is 1. The fourth-order valence-electron chi connectivity index (χ4n) is 2.02. The molecule has 4 heteroatoms. The number of methoxy groups -OCH3 is 1. The van der Waals surface area contributed by atoms with Gasteiger partial charge in [-0.25, -0.2) is 4.98 Å². The molecule has 0 saturated carbocycles. The van der Waals surface area contributed by atoms with Gasteiger partial charge in [0.25, 0.3) is 0 Å². The van der Waals surface area contributed by atoms with Crippen molar-refractivity contribution in [1.82, 2.24) is 9.55 Å². The lowest BCUT2D eigenvalue weighted by Crippen LogP contribution is -1.93. The molecule has 2 aromatic heterocycles. The number of rotatable bonds is 2. The Kier molecular flexibility index (Phi) is 2.41. The van der Waals surface area contributed by atoms with Crippen LogP contribution in [0.5, 0.6) is 11.8 Å². The van der Waals surface area contributed by atoms with Crippen molar-refractivity contribution >= 4 is 11.0 Å². The summed E-state index contributed by atoms with van der Waals surface area (Å²) in [5, 5.41) is 10.0. The average Bonchev–Trinajstić information content (AvgIpc) is 2.74. The molecule has 0 fully saturated rings. The molecule has 0 saturated heterocycles. The average molecular weight is 240 g/mol. The van der Waals surface area contributed by atoms with Crippen molar-refractivity contribution < 1.29 is 9.84 Å². The van der Waals surface area contributed by atoms with Crippen molar-refractivity contribution in [3.05, 3.63) is 48.5 Å². The molecule has 0 radical (unpaired) electrons. The first-order valence-electron chi connectivity index (χ1n) is 5.60. The number of hydrogen-bond donors (Lipinski definition) is 1. The molecule has 0 spiro atoms. The molecule has 90 valence electrons. The van der Waals surface area contributed by atoms with Crippen LogP contribution in [0.25, 0.3) is 16.7 Å². The minimum atomic E-state index is 0.164. The van der Waals surface area contributed by atoms with Crippen LogP contribution in [-0.2, 0) is 0 Å². The predicted octanol–water partition coefficient (Wildman–Crippen LogP) is 2.74. The number of aromatic nitrogens is 2. The first kappa shape index (κ1) is 10.7. The zero-order valence-corrected chi connectivity index (χ0v) is 9.87. The Labute approximate surface area is 104 Å². The monoisotopic (exact) mass is 240 g/mol. The lowest BCUT2D eigenvalue weighted by Gasteiger charge is -2.06. The van der Waals surface area contributed by atoms with Crippen LogP contribution in [0.3, 0.4) is 0 Å². The molecule has 2 heterocycles. The summed E-state index contributed by atoms with van der Waals surface area (Å²) in [6.07, 6.45) is 0. The molecule has 18 heavy (non-hydrogen) atoms. The Morgan fingerprint density at radius 1 is 1.11 bits per heavy atom. The van der Waals surface area contributed by atoms with Crippen LogP contribution in [0.2, 0.25) is 0 Å². The second kappa shape index (κ2) is 4.07. The topological polar surface area (TPSA) is 47.3 Å². The Morgan fingerprint density at radius 3 is 2.61 bits per heavy atom. The maximum absolute atomic E-state index is 10.0. The van der Waals surface area contributed by atoms with Crippen molar-refractivity contribution in [2.75, 3.05) is 7.11 Å². The molecule has 0 aliphatic carbocycles. The zero-order chi connectivity index (χ0) is 12.5. The van der Waals surface area contributed by atoms with E-state index in [0.717, 1.165) is 11.2 Å². The van der Waals surface area contributed by atoms with Crippen molar-refractivity contribution in [2.45, 2.75) is 0 Å². The molecular weight excluding hydrogens is 228 g/mol. The molecule has 0 atom stereocenters. The second-order valence-electron chi connectivity index (χ2n) is 3.93. The molecule has 3 rings (SSSR count). The molecule has 0 aliphatic rings. The highest BCUT2D eigenvalue weighted by molar-refractivity contribution is 5.81. The highest BCUT2D eigenvalue weighted by atomic mass is 16.5. The first-order valence-corrected chi connectivity index (χ1v) is 5.60. The normalized spacial score (nSPS) is 10.7. The lowest BCUT2D eigenvalue weighted by atomic mass is 10.3. The van der Waals surface area contributed by atoms with Crippen molar-refractivity contribution in [3.63, 3.8) is 0 Å². The summed E-state index contributed by atoms with van der Waals surface area (Å²) < 4.78 is 6.83. The van der Waals surface area contributed by atoms with Gasteiger partial charge >= 0.3 is 0 Å². The van der Waals surface area contributed by atoms with Crippen LogP contribution in [0, 0.1) is 0 Å². The Bertz CT molecular complexity index is 690. The molecule has 1 N–H and O–H groups in total. The summed E-state index contributed by atoms with van der Waals surface area (Å²) in [5.41, 5.74) is 2.45. The smallest absolute Gasteiger partial charge is 0.213 e. The van der Waals surface area contributed by atoms with E-state index in [1.807, 2.05) is 36.4 Å². The summed E-state index contributed by atoms with van der Waals surface area (Å²) in [4.78, 5) is 4.30. The van der Waals surface area contributed by atoms with Gasteiger partial charge in [0.2, 0.25) is 5.88 Å². The molecular formula is C14H12N2O2. The summed E-state index contributed by atoms with van der Waals surface area (Å²) in [5.74, 6) is 0.699. The van der Waals surface area contributed by atoms with Gasteiger partial charge in [-0.15, -0.1) is 0 Å². The van der Waals surface area contributed by atoms with E-state index >= 15 is 0 Å². The van der Waals surface area contributed by atoms with Crippen LogP contribution in [-0.4, -0.2) is 21.8 Å². The highest BCUT2D eigenvalue weighted by Crippen LogP contribution is 2.28. The number of hydrogen-bond acceptors (Lipinski definition) is 3. The van der Waals surface area contributed by atoms with E-state index < -0.39 is 0 Å². The van der Waals surface area contributed by atoms with Crippen LogP contribution >= 0.6 is 0 Å². The SMILES string of the molecule is COc1ccc2c(cc(O)n2-c2ccccc2)n1. The third-order valence-corrected chi connectivity index (χ3v) is 2.84. The maximum atomic E-state index is 10.0. The molecule has 1 aromatic carbocycles. The van der Waals surface area contributed by atoms with E-state index in [1.54, 1.807) is 23.8 Å². The highest BCUT2D eigenvalue weighted by Gasteiger charge is 2.11. The summed E-state index contributed by atoms with van der Waals surface area (Å²) >= 11 is 0. The number of benzene rings is 1. The molecule has 0 aliphatic heterocycles. The van der Waals surface area contributed by atoms with Crippen LogP contribution < -0.4 is 4.74 Å². The second-order valence-corrected chi connectivity index (χ2v) is 3.93. The fraction of sp³-hybridized carbons (Fsp3) is 0.0714. The van der Waals surface area contributed by atoms with Crippen LogP contribution in [0.1, 0.15) is 0 Å². The third kappa shape index (κ3) is 1.59. The molecule has 0 bridgehead atoms. The van der Waals surface area contributed by atoms with Crippen molar-refractivity contribution in [2.24, 2.45) is 0 Å². The molecule has 0 amide bonds. The number of pyridine rings is 1. The minimum absolute atomic E-state index is 0.164. The summed E-state index contributed by atoms with van der Waals surface area (Å²) in [6, 6.07) is 15.0. The summed E-state index contributed by atoms with van der Waals surface area (Å²) in [6.45, 7) is 0. The van der Waals surface area contributed by atoms with Crippen molar-refractivity contribution in [3.8, 4) is 17.4 Å². The van der Waals surface area contributed by atoms with E-state index in [2.05, 4.69) is 4.98 Å². The van der Waals surface area contributed by atoms with Crippen LogP contribution in [0.15, 0.2) is 48.5 Å². The Balaban J connectivity index is 2.27. The first-order chi connectivity index (χ1) is 8.79. The number of ether oxygens (including phenoxy) is 1. The molecule has 0 unspecified atom stereocenters. The summed E-state index contributed by atoms with van der Waals surface area (Å²) in [7, 11) is 1.57. The van der Waals surface area contributed by atoms with Gasteiger partial charge in [-0.1, -0.05) is 18.2 Å². The van der Waals surface area contributed by atoms with Gasteiger partial charge in [0, 0.05) is 17.8 Å². The van der Waals surface area contributed by atoms with Gasteiger partial charge in [-0.2, -0.15) is 0 Å². The third-order valence-electron chi connectivity index (χ3n) is 2.84. The minimum Gasteiger partial charge on any atom is -0.494 e. The number of aromatic hydroxyl groups is 1. The Hall–Kier alpha value is -2.49. The van der Waals surface area contributed by atoms with Gasteiger partial charge in [-0.05, 0) is 18.2 Å². The largest absolute Gasteiger partial charge is 0.494 e. The quantitative estimate of drug-likeness (QED) is 0.749. The number of fused-ring (bicyclic) bond motifs is 1. The molecule has 3 aromatic rings. The van der Waals surface area contributed by atoms with Gasteiger partial charge in [0.15, 0.2) is 5.88 Å². The van der Waals surface area contributed by atoms with E-state index in [1.165, 1.54) is 0 Å². The Morgan fingerprint density at radius 2 is 1.89 bits per heavy atom. The van der Waals surface area contributed by atoms with Gasteiger partial charge < -0.3 is 9.84 Å². The lowest BCUT2D eigenvalue weighted by molar-refractivity contribution is 0.399. The standard InChI is InChI=1S/C14H12N2O2/c1-18-13-8-7-12-11(15-13)9-14(17)16(12)10-5-3-2-4-6-10/h2-9,17H,1H3. The fourth-order valence-corrected chi connectivity index (χ4v) is 2.02. The van der Waals surface area contributed by atoms with Gasteiger partial charge in [0.05, 0.1) is 18.1 Å². The van der Waals surface area contributed by atoms with E-state index in [0.29, 0.717) is 11.4 Å². The van der Waals surface area contributed by atoms with E-state index in [4.69, 9.17) is 4.74 Å². The maximum Gasteiger partial charge on any atom is 0.213 e. The van der Waals surface area contributed by atoms with Gasteiger partial charge in [0.1, 0.15) is 0 Å². The zero-order valence-electron chi connectivity index (χ0n) is 9.87. The van der Waals surface area contributed by atoms with Crippen LogP contribution in [0.4, 0.5) is 0 Å².